The number of benzene rings is 1. The lowest BCUT2D eigenvalue weighted by Gasteiger charge is -2.40. The van der Waals surface area contributed by atoms with Gasteiger partial charge in [0.25, 0.3) is 0 Å². The first-order chi connectivity index (χ1) is 10.7. The van der Waals surface area contributed by atoms with Crippen molar-refractivity contribution in [1.29, 1.82) is 0 Å². The number of hydrogen-bond donors (Lipinski definition) is 2. The third-order valence-electron chi connectivity index (χ3n) is 4.01. The summed E-state index contributed by atoms with van der Waals surface area (Å²) in [5.74, 6) is 1.14. The molecule has 5 nitrogen and oxygen atoms in total. The van der Waals surface area contributed by atoms with Gasteiger partial charge in [0.05, 0.1) is 12.2 Å². The first-order valence-corrected chi connectivity index (χ1v) is 7.33. The van der Waals surface area contributed by atoms with E-state index in [9.17, 15) is 5.11 Å². The maximum absolute atomic E-state index is 9.62. The average Bonchev–Trinajstić information content (AvgIpc) is 3.05. The zero-order chi connectivity index (χ0) is 15.6. The Morgan fingerprint density at radius 1 is 1.14 bits per heavy atom. The van der Waals surface area contributed by atoms with E-state index < -0.39 is 5.54 Å². The van der Waals surface area contributed by atoms with Gasteiger partial charge < -0.3 is 10.4 Å². The molecule has 1 aromatic heterocycles. The van der Waals surface area contributed by atoms with Gasteiger partial charge >= 0.3 is 0 Å². The van der Waals surface area contributed by atoms with Crippen molar-refractivity contribution in [2.75, 3.05) is 27.2 Å². The Balaban J connectivity index is 2.26. The van der Waals surface area contributed by atoms with Gasteiger partial charge in [0.2, 0.25) is 0 Å². The number of hydrogen-bond acceptors (Lipinski definition) is 5. The Labute approximate surface area is 130 Å². The van der Waals surface area contributed by atoms with Gasteiger partial charge in [0.1, 0.15) is 17.1 Å². The van der Waals surface area contributed by atoms with Gasteiger partial charge in [-0.3, -0.25) is 14.9 Å². The van der Waals surface area contributed by atoms with Crippen molar-refractivity contribution in [3.8, 4) is 5.75 Å². The summed E-state index contributed by atoms with van der Waals surface area (Å²) < 4.78 is 0. The Bertz CT molecular complexity index is 667. The van der Waals surface area contributed by atoms with E-state index in [4.69, 9.17) is 0 Å². The molecular weight excluding hydrogens is 276 g/mol. The molecule has 0 bridgehead atoms. The third-order valence-corrected chi connectivity index (χ3v) is 4.01. The predicted molar refractivity (Wildman–Crippen MR) is 87.1 cm³/mol. The van der Waals surface area contributed by atoms with Gasteiger partial charge in [-0.25, -0.2) is 0 Å². The van der Waals surface area contributed by atoms with Crippen LogP contribution in [0.15, 0.2) is 53.7 Å². The molecule has 2 aromatic rings. The lowest BCUT2D eigenvalue weighted by atomic mass is 9.83. The zero-order valence-corrected chi connectivity index (χ0v) is 12.8. The monoisotopic (exact) mass is 296 g/mol. The minimum absolute atomic E-state index is 0.249. The van der Waals surface area contributed by atoms with Gasteiger partial charge in [0, 0.05) is 12.7 Å². The summed E-state index contributed by atoms with van der Waals surface area (Å²) in [5, 5.41) is 13.0. The molecule has 5 heteroatoms. The Kier molecular flexibility index (Phi) is 3.81. The van der Waals surface area contributed by atoms with Crippen LogP contribution >= 0.6 is 0 Å². The standard InChI is InChI=1S/C17H20N4O/c1-21(2)17(16-19-11-12-20-16,15-5-3-4-10-18-15)13-6-8-14(22)9-7-13/h3-10,22H,11-12H2,1-2H3,(H,19,20). The summed E-state index contributed by atoms with van der Waals surface area (Å²) in [4.78, 5) is 11.4. The molecular formula is C17H20N4O. The summed E-state index contributed by atoms with van der Waals surface area (Å²) >= 11 is 0. The molecule has 0 fully saturated rings. The SMILES string of the molecule is CN(C)C(C1=NCCN1)(c1ccc(O)cc1)c1ccccn1. The van der Waals surface area contributed by atoms with Crippen LogP contribution in [0.3, 0.4) is 0 Å². The number of aromatic nitrogens is 1. The highest BCUT2D eigenvalue weighted by molar-refractivity contribution is 5.96. The largest absolute Gasteiger partial charge is 0.508 e. The number of phenols is 1. The maximum atomic E-state index is 9.62. The number of amidine groups is 1. The Hall–Kier alpha value is -2.40. The minimum Gasteiger partial charge on any atom is -0.508 e. The van der Waals surface area contributed by atoms with Gasteiger partial charge in [-0.05, 0) is 43.9 Å². The number of pyridine rings is 1. The molecule has 0 radical (unpaired) electrons. The smallest absolute Gasteiger partial charge is 0.146 e. The first-order valence-electron chi connectivity index (χ1n) is 7.33. The quantitative estimate of drug-likeness (QED) is 0.899. The van der Waals surface area contributed by atoms with E-state index in [-0.39, 0.29) is 5.75 Å². The number of aliphatic imine (C=N–C) groups is 1. The highest BCUT2D eigenvalue weighted by atomic mass is 16.3. The predicted octanol–water partition coefficient (Wildman–Crippen LogP) is 1.59. The molecule has 1 aromatic carbocycles. The van der Waals surface area contributed by atoms with E-state index >= 15 is 0 Å². The molecule has 22 heavy (non-hydrogen) atoms. The Morgan fingerprint density at radius 2 is 1.91 bits per heavy atom. The van der Waals surface area contributed by atoms with Crippen molar-refractivity contribution in [1.82, 2.24) is 15.2 Å². The molecule has 0 saturated heterocycles. The molecule has 1 atom stereocenters. The summed E-state index contributed by atoms with van der Waals surface area (Å²) in [6, 6.07) is 13.1. The van der Waals surface area contributed by atoms with Crippen LogP contribution in [-0.4, -0.2) is 48.0 Å². The van der Waals surface area contributed by atoms with Crippen LogP contribution in [0.4, 0.5) is 0 Å². The number of nitrogens with one attached hydrogen (secondary N) is 1. The van der Waals surface area contributed by atoms with Crippen LogP contribution in [0.1, 0.15) is 11.3 Å². The summed E-state index contributed by atoms with van der Waals surface area (Å²) in [6.07, 6.45) is 1.80. The van der Waals surface area contributed by atoms with Crippen LogP contribution in [-0.2, 0) is 5.54 Å². The molecule has 0 aliphatic carbocycles. The van der Waals surface area contributed by atoms with Crippen molar-refractivity contribution in [3.05, 3.63) is 59.9 Å². The normalized spacial score (nSPS) is 17.0. The fourth-order valence-corrected chi connectivity index (χ4v) is 3.02. The van der Waals surface area contributed by atoms with Crippen molar-refractivity contribution >= 4 is 5.84 Å². The number of phenolic OH excluding ortho intramolecular Hbond substituents is 1. The lowest BCUT2D eigenvalue weighted by Crippen LogP contribution is -2.53. The highest BCUT2D eigenvalue weighted by Crippen LogP contribution is 2.35. The molecule has 2 heterocycles. The molecule has 1 aliphatic rings. The molecule has 1 aliphatic heterocycles. The molecule has 0 saturated carbocycles. The Morgan fingerprint density at radius 3 is 2.45 bits per heavy atom. The van der Waals surface area contributed by atoms with Crippen LogP contribution in [0.5, 0.6) is 5.75 Å². The molecule has 0 spiro atoms. The van der Waals surface area contributed by atoms with Gasteiger partial charge in [0.15, 0.2) is 0 Å². The average molecular weight is 296 g/mol. The summed E-state index contributed by atoms with van der Waals surface area (Å²) in [6.45, 7) is 1.59. The second kappa shape index (κ2) is 5.77. The van der Waals surface area contributed by atoms with Gasteiger partial charge in [-0.2, -0.15) is 0 Å². The number of rotatable bonds is 4. The molecule has 3 rings (SSSR count). The second-order valence-corrected chi connectivity index (χ2v) is 5.52. The molecule has 0 amide bonds. The maximum Gasteiger partial charge on any atom is 0.146 e. The lowest BCUT2D eigenvalue weighted by molar-refractivity contribution is 0.268. The van der Waals surface area contributed by atoms with Gasteiger partial charge in [-0.15, -0.1) is 0 Å². The second-order valence-electron chi connectivity index (χ2n) is 5.52. The van der Waals surface area contributed by atoms with Crippen molar-refractivity contribution in [2.24, 2.45) is 4.99 Å². The first kappa shape index (κ1) is 14.5. The van der Waals surface area contributed by atoms with Crippen molar-refractivity contribution < 1.29 is 5.11 Å². The van der Waals surface area contributed by atoms with Crippen LogP contribution in [0, 0.1) is 0 Å². The zero-order valence-electron chi connectivity index (χ0n) is 12.8. The number of nitrogens with zero attached hydrogens (tertiary/aromatic N) is 3. The summed E-state index contributed by atoms with van der Waals surface area (Å²) in [7, 11) is 4.04. The van der Waals surface area contributed by atoms with Crippen LogP contribution in [0.25, 0.3) is 0 Å². The van der Waals surface area contributed by atoms with Crippen molar-refractivity contribution in [3.63, 3.8) is 0 Å². The number of likely N-dealkylation sites (N-methyl/N-ethyl adjacent to an activating group) is 1. The minimum atomic E-state index is -0.592. The van der Waals surface area contributed by atoms with Gasteiger partial charge in [-0.1, -0.05) is 18.2 Å². The molecule has 1 unspecified atom stereocenters. The van der Waals surface area contributed by atoms with E-state index in [1.807, 2.05) is 44.4 Å². The molecule has 114 valence electrons. The third kappa shape index (κ3) is 2.23. The number of aromatic hydroxyl groups is 1. The summed E-state index contributed by atoms with van der Waals surface area (Å²) in [5.41, 5.74) is 1.33. The van der Waals surface area contributed by atoms with Crippen LogP contribution < -0.4 is 5.32 Å². The van der Waals surface area contributed by atoms with Crippen LogP contribution in [0.2, 0.25) is 0 Å². The van der Waals surface area contributed by atoms with E-state index in [0.29, 0.717) is 0 Å². The van der Waals surface area contributed by atoms with E-state index in [1.54, 1.807) is 18.3 Å². The van der Waals surface area contributed by atoms with Crippen molar-refractivity contribution in [2.45, 2.75) is 5.54 Å². The van der Waals surface area contributed by atoms with E-state index in [2.05, 4.69) is 20.2 Å². The fourth-order valence-electron chi connectivity index (χ4n) is 3.02. The van der Waals surface area contributed by atoms with E-state index in [0.717, 1.165) is 30.2 Å². The highest BCUT2D eigenvalue weighted by Gasteiger charge is 2.44. The van der Waals surface area contributed by atoms with E-state index in [1.165, 1.54) is 0 Å². The molecule has 2 N–H and O–H groups in total. The topological polar surface area (TPSA) is 60.8 Å². The fraction of sp³-hybridized carbons (Fsp3) is 0.294.